The maximum atomic E-state index is 11.9. The second-order valence-corrected chi connectivity index (χ2v) is 4.63. The Kier molecular flexibility index (Phi) is 4.71. The number of nitrogens with one attached hydrogen (secondary N) is 1. The Hall–Kier alpha value is -2.63. The quantitative estimate of drug-likeness (QED) is 0.631. The van der Waals surface area contributed by atoms with Crippen molar-refractivity contribution >= 4 is 24.2 Å². The second-order valence-electron chi connectivity index (χ2n) is 4.63. The highest BCUT2D eigenvalue weighted by molar-refractivity contribution is 5.96. The van der Waals surface area contributed by atoms with E-state index in [1.54, 1.807) is 29.2 Å². The van der Waals surface area contributed by atoms with Crippen LogP contribution in [0.3, 0.4) is 0 Å². The highest BCUT2D eigenvalue weighted by Crippen LogP contribution is 2.15. The monoisotopic (exact) mass is 286 g/mol. The minimum absolute atomic E-state index is 0.0353. The molecule has 1 aliphatic heterocycles. The van der Waals surface area contributed by atoms with Crippen LogP contribution in [0.5, 0.6) is 0 Å². The van der Waals surface area contributed by atoms with Crippen molar-refractivity contribution in [2.24, 2.45) is 5.10 Å². The molecule has 110 valence electrons. The van der Waals surface area contributed by atoms with Crippen LogP contribution in [0.4, 0.5) is 5.69 Å². The van der Waals surface area contributed by atoms with Crippen LogP contribution in [-0.4, -0.2) is 43.1 Å². The number of nitrogens with zero attached hydrogens (tertiary/aromatic N) is 3. The molecule has 1 fully saturated rings. The zero-order valence-corrected chi connectivity index (χ0v) is 11.8. The topological polar surface area (TPSA) is 65.0 Å². The summed E-state index contributed by atoms with van der Waals surface area (Å²) < 4.78 is 0. The van der Waals surface area contributed by atoms with Gasteiger partial charge in [0.2, 0.25) is 5.91 Å². The van der Waals surface area contributed by atoms with Gasteiger partial charge in [0.15, 0.2) is 0 Å². The average Bonchev–Trinajstić information content (AvgIpc) is 2.45. The number of amides is 2. The molecular weight excluding hydrogens is 268 g/mol. The van der Waals surface area contributed by atoms with Crippen molar-refractivity contribution in [3.8, 4) is 0 Å². The first-order valence-electron chi connectivity index (χ1n) is 6.70. The molecule has 1 saturated heterocycles. The molecule has 2 amide bonds. The Bertz CT molecular complexity index is 541. The van der Waals surface area contributed by atoms with Crippen molar-refractivity contribution in [2.75, 3.05) is 24.6 Å². The molecule has 0 spiro atoms. The zero-order chi connectivity index (χ0) is 15.2. The van der Waals surface area contributed by atoms with E-state index in [2.05, 4.69) is 23.7 Å². The predicted molar refractivity (Wildman–Crippen MR) is 82.2 cm³/mol. The summed E-state index contributed by atoms with van der Waals surface area (Å²) in [6, 6.07) is 6.81. The number of hydrogen-bond acceptors (Lipinski definition) is 4. The largest absolute Gasteiger partial charge is 0.343 e. The first-order valence-corrected chi connectivity index (χ1v) is 6.70. The number of likely N-dealkylation sites (tertiary alicyclic amines) is 1. The third-order valence-electron chi connectivity index (χ3n) is 3.33. The van der Waals surface area contributed by atoms with Gasteiger partial charge in [0.25, 0.3) is 5.91 Å². The van der Waals surface area contributed by atoms with Crippen molar-refractivity contribution in [3.63, 3.8) is 0 Å². The maximum absolute atomic E-state index is 11.9. The molecule has 1 aliphatic rings. The van der Waals surface area contributed by atoms with Crippen LogP contribution in [0.25, 0.3) is 0 Å². The van der Waals surface area contributed by atoms with Crippen molar-refractivity contribution < 1.29 is 9.59 Å². The van der Waals surface area contributed by atoms with Crippen LogP contribution < -0.4 is 10.3 Å². The van der Waals surface area contributed by atoms with Crippen LogP contribution in [0.15, 0.2) is 42.1 Å². The summed E-state index contributed by atoms with van der Waals surface area (Å²) in [6.45, 7) is 8.65. The lowest BCUT2D eigenvalue weighted by atomic mass is 10.2. The molecule has 6 nitrogen and oxygen atoms in total. The Labute approximate surface area is 123 Å². The minimum Gasteiger partial charge on any atom is -0.343 e. The molecule has 0 radical (unpaired) electrons. The molecule has 1 aromatic carbocycles. The molecule has 0 atom stereocenters. The smallest absolute Gasteiger partial charge is 0.251 e. The molecule has 1 aromatic rings. The van der Waals surface area contributed by atoms with E-state index >= 15 is 0 Å². The van der Waals surface area contributed by atoms with Gasteiger partial charge in [-0.3, -0.25) is 9.59 Å². The fraction of sp³-hybridized carbons (Fsp3) is 0.267. The third kappa shape index (κ3) is 3.47. The first kappa shape index (κ1) is 14.8. The van der Waals surface area contributed by atoms with Crippen LogP contribution in [-0.2, 0) is 4.79 Å². The van der Waals surface area contributed by atoms with Crippen LogP contribution in [0, 0.1) is 0 Å². The second kappa shape index (κ2) is 6.69. The van der Waals surface area contributed by atoms with E-state index in [9.17, 15) is 9.59 Å². The van der Waals surface area contributed by atoms with Gasteiger partial charge < -0.3 is 10.2 Å². The molecule has 0 unspecified atom stereocenters. The van der Waals surface area contributed by atoms with E-state index in [1.165, 1.54) is 11.2 Å². The van der Waals surface area contributed by atoms with Gasteiger partial charge in [0.1, 0.15) is 0 Å². The van der Waals surface area contributed by atoms with E-state index in [4.69, 9.17) is 0 Å². The molecular formula is C15H18N4O2. The number of carbonyl (C=O) groups excluding carboxylic acids is 2. The highest BCUT2D eigenvalue weighted by atomic mass is 16.2. The van der Waals surface area contributed by atoms with Gasteiger partial charge >= 0.3 is 0 Å². The number of hydrogen-bond donors (Lipinski definition) is 1. The third-order valence-corrected chi connectivity index (χ3v) is 3.33. The van der Waals surface area contributed by atoms with E-state index < -0.39 is 0 Å². The predicted octanol–water partition coefficient (Wildman–Crippen LogP) is 1.21. The summed E-state index contributed by atoms with van der Waals surface area (Å²) >= 11 is 0. The standard InChI is InChI=1S/C15H18N4O2/c1-3-19(16-2)13-7-5-12(6-8-13)15(21)17-11-14(20)18-9-4-10-18/h3,5-8H,1-2,4,9-11H2,(H,17,21). The van der Waals surface area contributed by atoms with Crippen molar-refractivity contribution in [1.29, 1.82) is 0 Å². The van der Waals surface area contributed by atoms with Gasteiger partial charge in [-0.25, -0.2) is 5.01 Å². The number of hydrazone groups is 1. The Morgan fingerprint density at radius 1 is 1.33 bits per heavy atom. The molecule has 21 heavy (non-hydrogen) atoms. The lowest BCUT2D eigenvalue weighted by molar-refractivity contribution is -0.133. The summed E-state index contributed by atoms with van der Waals surface area (Å²) in [6.07, 6.45) is 2.56. The molecule has 6 heteroatoms. The molecule has 1 N–H and O–H groups in total. The Morgan fingerprint density at radius 3 is 2.48 bits per heavy atom. The summed E-state index contributed by atoms with van der Waals surface area (Å²) in [5, 5.41) is 7.88. The maximum Gasteiger partial charge on any atom is 0.251 e. The summed E-state index contributed by atoms with van der Waals surface area (Å²) in [4.78, 5) is 25.3. The lowest BCUT2D eigenvalue weighted by Crippen LogP contribution is -2.47. The number of anilines is 1. The van der Waals surface area contributed by atoms with Gasteiger partial charge in [-0.05, 0) is 30.7 Å². The number of carbonyl (C=O) groups is 2. The minimum atomic E-state index is -0.271. The normalized spacial score (nSPS) is 13.0. The molecule has 0 bridgehead atoms. The summed E-state index contributed by atoms with van der Waals surface area (Å²) in [5.41, 5.74) is 1.25. The molecule has 1 heterocycles. The van der Waals surface area contributed by atoms with Gasteiger partial charge in [0.05, 0.1) is 12.2 Å². The fourth-order valence-corrected chi connectivity index (χ4v) is 1.95. The molecule has 0 aliphatic carbocycles. The van der Waals surface area contributed by atoms with Gasteiger partial charge in [-0.15, -0.1) is 0 Å². The van der Waals surface area contributed by atoms with Crippen LogP contribution in [0.1, 0.15) is 16.8 Å². The van der Waals surface area contributed by atoms with E-state index in [1.807, 2.05) is 0 Å². The van der Waals surface area contributed by atoms with Gasteiger partial charge in [-0.1, -0.05) is 6.58 Å². The average molecular weight is 286 g/mol. The van der Waals surface area contributed by atoms with Crippen molar-refractivity contribution in [3.05, 3.63) is 42.6 Å². The lowest BCUT2D eigenvalue weighted by Gasteiger charge is -2.30. The van der Waals surface area contributed by atoms with Gasteiger partial charge in [-0.2, -0.15) is 5.10 Å². The number of benzene rings is 1. The van der Waals surface area contributed by atoms with Crippen LogP contribution >= 0.6 is 0 Å². The summed E-state index contributed by atoms with van der Waals surface area (Å²) in [5.74, 6) is -0.313. The van der Waals surface area contributed by atoms with E-state index in [0.29, 0.717) is 5.56 Å². The highest BCUT2D eigenvalue weighted by Gasteiger charge is 2.20. The summed E-state index contributed by atoms with van der Waals surface area (Å²) in [7, 11) is 0. The van der Waals surface area contributed by atoms with Crippen LogP contribution in [0.2, 0.25) is 0 Å². The molecule has 0 aromatic heterocycles. The SMILES string of the molecule is C=CN(N=C)c1ccc(C(=O)NCC(=O)N2CCC2)cc1. The first-order chi connectivity index (χ1) is 10.2. The Morgan fingerprint density at radius 2 is 2.00 bits per heavy atom. The van der Waals surface area contributed by atoms with Crippen molar-refractivity contribution in [1.82, 2.24) is 10.2 Å². The molecule has 2 rings (SSSR count). The van der Waals surface area contributed by atoms with E-state index in [0.717, 1.165) is 25.2 Å². The van der Waals surface area contributed by atoms with Crippen molar-refractivity contribution in [2.45, 2.75) is 6.42 Å². The fourth-order valence-electron chi connectivity index (χ4n) is 1.95. The van der Waals surface area contributed by atoms with E-state index in [-0.39, 0.29) is 18.4 Å². The Balaban J connectivity index is 1.91. The zero-order valence-electron chi connectivity index (χ0n) is 11.8. The molecule has 0 saturated carbocycles. The van der Waals surface area contributed by atoms with Gasteiger partial charge in [0, 0.05) is 31.6 Å². The number of rotatable bonds is 6.